The molecule has 0 amide bonds. The summed E-state index contributed by atoms with van der Waals surface area (Å²) < 4.78 is 7.38. The molecule has 0 bridgehead atoms. The monoisotopic (exact) mass is 316 g/mol. The van der Waals surface area contributed by atoms with Crippen LogP contribution in [0.25, 0.3) is 0 Å². The molecule has 1 aromatic rings. The number of halogens is 1. The molecule has 1 rings (SSSR count). The van der Waals surface area contributed by atoms with E-state index in [-0.39, 0.29) is 0 Å². The van der Waals surface area contributed by atoms with Crippen molar-refractivity contribution in [1.29, 1.82) is 0 Å². The van der Waals surface area contributed by atoms with Crippen LogP contribution in [0.2, 0.25) is 32.7 Å². The van der Waals surface area contributed by atoms with Gasteiger partial charge in [0.25, 0.3) is 0 Å². The molecule has 0 saturated carbocycles. The molecule has 16 heavy (non-hydrogen) atoms. The second kappa shape index (κ2) is 5.16. The van der Waals surface area contributed by atoms with Gasteiger partial charge in [-0.15, -0.1) is 0 Å². The highest BCUT2D eigenvalue weighted by atomic mass is 79.9. The van der Waals surface area contributed by atoms with Crippen LogP contribution in [0.1, 0.15) is 5.56 Å². The average molecular weight is 317 g/mol. The van der Waals surface area contributed by atoms with E-state index < -0.39 is 15.4 Å². The first-order valence-electron chi connectivity index (χ1n) is 5.61. The molecule has 0 aliphatic heterocycles. The molecule has 0 aliphatic carbocycles. The molecule has 0 spiro atoms. The maximum Gasteiger partial charge on any atom is 0.174 e. The first-order valence-corrected chi connectivity index (χ1v) is 13.8. The second-order valence-corrected chi connectivity index (χ2v) is 22.4. The van der Waals surface area contributed by atoms with Crippen LogP contribution in [0.5, 0.6) is 0 Å². The summed E-state index contributed by atoms with van der Waals surface area (Å²) in [5, 5.41) is 0. The third-order valence-electron chi connectivity index (χ3n) is 3.35. The van der Waals surface area contributed by atoms with Crippen LogP contribution in [0.4, 0.5) is 0 Å². The molecular weight excluding hydrogens is 296 g/mol. The number of rotatable bonds is 4. The molecule has 0 atom stereocenters. The van der Waals surface area contributed by atoms with Crippen LogP contribution >= 0.6 is 15.9 Å². The number of benzene rings is 1. The summed E-state index contributed by atoms with van der Waals surface area (Å²) in [5.41, 5.74) is 1.25. The van der Waals surface area contributed by atoms with Crippen LogP contribution in [0.3, 0.4) is 0 Å². The van der Waals surface area contributed by atoms with Gasteiger partial charge in [0.2, 0.25) is 0 Å². The Morgan fingerprint density at radius 2 is 1.62 bits per heavy atom. The lowest BCUT2D eigenvalue weighted by molar-refractivity contribution is 0.305. The molecular formula is C12H21BrOSi2. The summed E-state index contributed by atoms with van der Waals surface area (Å²) in [6, 6.07) is 8.29. The summed E-state index contributed by atoms with van der Waals surface area (Å²) in [6.07, 6.45) is 0. The Bertz CT molecular complexity index is 358. The third-order valence-corrected chi connectivity index (χ3v) is 19.9. The molecule has 0 aromatic heterocycles. The summed E-state index contributed by atoms with van der Waals surface area (Å²) in [5.74, 6) is 0. The molecule has 0 N–H and O–H groups in total. The van der Waals surface area contributed by atoms with E-state index in [4.69, 9.17) is 4.43 Å². The third kappa shape index (κ3) is 3.55. The molecule has 0 saturated heterocycles. The standard InChI is InChI=1S/C12H21BrOSi2/c1-15(2,3)16(4,5)14-10-11-8-6-7-9-12(11)13/h6-9H,10H2,1-5H3. The van der Waals surface area contributed by atoms with Crippen molar-refractivity contribution >= 4 is 31.4 Å². The summed E-state index contributed by atoms with van der Waals surface area (Å²) in [4.78, 5) is 0. The van der Waals surface area contributed by atoms with Gasteiger partial charge in [0.05, 0.1) is 14.2 Å². The van der Waals surface area contributed by atoms with E-state index in [1.165, 1.54) is 5.56 Å². The van der Waals surface area contributed by atoms with E-state index in [2.05, 4.69) is 66.9 Å². The highest BCUT2D eigenvalue weighted by molar-refractivity contribution is 9.10. The van der Waals surface area contributed by atoms with Crippen LogP contribution in [-0.4, -0.2) is 15.4 Å². The van der Waals surface area contributed by atoms with Crippen molar-refractivity contribution in [2.75, 3.05) is 0 Å². The Balaban J connectivity index is 2.69. The van der Waals surface area contributed by atoms with Crippen molar-refractivity contribution < 1.29 is 4.43 Å². The van der Waals surface area contributed by atoms with Crippen molar-refractivity contribution in [1.82, 2.24) is 0 Å². The zero-order valence-electron chi connectivity index (χ0n) is 10.8. The Morgan fingerprint density at radius 1 is 1.06 bits per heavy atom. The van der Waals surface area contributed by atoms with Gasteiger partial charge in [-0.05, 0) is 24.7 Å². The van der Waals surface area contributed by atoms with E-state index in [9.17, 15) is 0 Å². The van der Waals surface area contributed by atoms with Gasteiger partial charge in [-0.3, -0.25) is 0 Å². The van der Waals surface area contributed by atoms with E-state index in [1.807, 2.05) is 6.07 Å². The van der Waals surface area contributed by atoms with Crippen molar-refractivity contribution in [3.63, 3.8) is 0 Å². The Kier molecular flexibility index (Phi) is 4.57. The van der Waals surface area contributed by atoms with Gasteiger partial charge in [-0.25, -0.2) is 0 Å². The number of hydrogen-bond acceptors (Lipinski definition) is 1. The van der Waals surface area contributed by atoms with Crippen LogP contribution in [-0.2, 0) is 11.0 Å². The molecule has 0 unspecified atom stereocenters. The van der Waals surface area contributed by atoms with Gasteiger partial charge >= 0.3 is 0 Å². The highest BCUT2D eigenvalue weighted by Crippen LogP contribution is 2.23. The van der Waals surface area contributed by atoms with Crippen molar-refractivity contribution in [2.24, 2.45) is 0 Å². The predicted molar refractivity (Wildman–Crippen MR) is 79.8 cm³/mol. The Labute approximate surface area is 109 Å². The fourth-order valence-corrected chi connectivity index (χ4v) is 3.95. The lowest BCUT2D eigenvalue weighted by Gasteiger charge is -2.34. The molecule has 4 heteroatoms. The highest BCUT2D eigenvalue weighted by Gasteiger charge is 2.38. The molecule has 0 heterocycles. The number of hydrogen-bond donors (Lipinski definition) is 0. The van der Waals surface area contributed by atoms with Gasteiger partial charge in [0.1, 0.15) is 0 Å². The van der Waals surface area contributed by atoms with Crippen molar-refractivity contribution in [3.05, 3.63) is 34.3 Å². The van der Waals surface area contributed by atoms with Crippen molar-refractivity contribution in [3.8, 4) is 0 Å². The SMILES string of the molecule is C[Si](C)(C)[Si](C)(C)OCc1ccccc1Br. The second-order valence-electron chi connectivity index (χ2n) is 5.64. The molecule has 0 fully saturated rings. The van der Waals surface area contributed by atoms with Gasteiger partial charge in [0, 0.05) is 4.47 Å². The summed E-state index contributed by atoms with van der Waals surface area (Å²) >= 11 is 3.56. The van der Waals surface area contributed by atoms with Gasteiger partial charge in [0.15, 0.2) is 7.83 Å². The van der Waals surface area contributed by atoms with E-state index in [0.717, 1.165) is 11.1 Å². The van der Waals surface area contributed by atoms with E-state index >= 15 is 0 Å². The maximum atomic E-state index is 6.23. The molecule has 0 aliphatic rings. The van der Waals surface area contributed by atoms with Gasteiger partial charge in [-0.2, -0.15) is 0 Å². The molecule has 90 valence electrons. The zero-order chi connectivity index (χ0) is 12.4. The predicted octanol–water partition coefficient (Wildman–Crippen LogP) is 4.59. The minimum atomic E-state index is -1.49. The van der Waals surface area contributed by atoms with Gasteiger partial charge in [-0.1, -0.05) is 53.8 Å². The maximum absolute atomic E-state index is 6.23. The summed E-state index contributed by atoms with van der Waals surface area (Å²) in [7, 11) is -2.65. The normalized spacial score (nSPS) is 12.9. The Morgan fingerprint density at radius 3 is 2.12 bits per heavy atom. The summed E-state index contributed by atoms with van der Waals surface area (Å²) in [6.45, 7) is 12.6. The molecule has 0 radical (unpaired) electrons. The smallest absolute Gasteiger partial charge is 0.174 e. The topological polar surface area (TPSA) is 9.23 Å². The van der Waals surface area contributed by atoms with E-state index in [1.54, 1.807) is 0 Å². The molecule has 1 nitrogen and oxygen atoms in total. The minimum absolute atomic E-state index is 0.741. The fourth-order valence-electron chi connectivity index (χ4n) is 1.09. The average Bonchev–Trinajstić information content (AvgIpc) is 2.15. The first kappa shape index (κ1) is 14.2. The largest absolute Gasteiger partial charge is 0.416 e. The minimum Gasteiger partial charge on any atom is -0.416 e. The van der Waals surface area contributed by atoms with Crippen LogP contribution in [0.15, 0.2) is 28.7 Å². The fraction of sp³-hybridized carbons (Fsp3) is 0.500. The van der Waals surface area contributed by atoms with Crippen LogP contribution < -0.4 is 0 Å². The van der Waals surface area contributed by atoms with E-state index in [0.29, 0.717) is 0 Å². The van der Waals surface area contributed by atoms with Gasteiger partial charge < -0.3 is 4.43 Å². The lowest BCUT2D eigenvalue weighted by Crippen LogP contribution is -2.54. The Hall–Kier alpha value is 0.0938. The quantitative estimate of drug-likeness (QED) is 0.738. The molecule has 1 aromatic carbocycles. The zero-order valence-corrected chi connectivity index (χ0v) is 14.4. The van der Waals surface area contributed by atoms with Crippen LogP contribution in [0, 0.1) is 0 Å². The van der Waals surface area contributed by atoms with Crippen molar-refractivity contribution in [2.45, 2.75) is 39.3 Å². The lowest BCUT2D eigenvalue weighted by atomic mass is 10.2. The first-order chi connectivity index (χ1) is 7.24.